The van der Waals surface area contributed by atoms with Crippen molar-refractivity contribution in [3.05, 3.63) is 30.3 Å². The minimum absolute atomic E-state index is 0.280. The highest BCUT2D eigenvalue weighted by atomic mass is 16.5. The summed E-state index contributed by atoms with van der Waals surface area (Å²) in [5, 5.41) is 3.31. The van der Waals surface area contributed by atoms with Crippen molar-refractivity contribution in [2.24, 2.45) is 5.92 Å². The van der Waals surface area contributed by atoms with Gasteiger partial charge in [0.05, 0.1) is 6.61 Å². The third kappa shape index (κ3) is 6.03. The maximum Gasteiger partial charge on any atom is 0.223 e. The summed E-state index contributed by atoms with van der Waals surface area (Å²) in [5.74, 6) is 1.54. The first-order valence-electron chi connectivity index (χ1n) is 10.0. The van der Waals surface area contributed by atoms with E-state index in [1.807, 2.05) is 30.3 Å². The number of benzene rings is 1. The van der Waals surface area contributed by atoms with Crippen LogP contribution >= 0.6 is 0 Å². The molecule has 25 heavy (non-hydrogen) atoms. The zero-order valence-electron chi connectivity index (χ0n) is 15.3. The molecule has 1 saturated carbocycles. The van der Waals surface area contributed by atoms with Crippen LogP contribution in [0.2, 0.25) is 0 Å². The second-order valence-electron chi connectivity index (χ2n) is 7.47. The van der Waals surface area contributed by atoms with E-state index in [9.17, 15) is 4.79 Å². The quantitative estimate of drug-likeness (QED) is 0.768. The number of likely N-dealkylation sites (tertiary alicyclic amines) is 1. The van der Waals surface area contributed by atoms with Crippen LogP contribution in [0.5, 0.6) is 5.75 Å². The van der Waals surface area contributed by atoms with Crippen LogP contribution in [0.1, 0.15) is 51.4 Å². The maximum atomic E-state index is 12.4. The van der Waals surface area contributed by atoms with E-state index in [-0.39, 0.29) is 5.92 Å². The van der Waals surface area contributed by atoms with Crippen LogP contribution in [-0.4, -0.2) is 43.1 Å². The molecule has 0 radical (unpaired) electrons. The normalized spacial score (nSPS) is 20.3. The zero-order valence-corrected chi connectivity index (χ0v) is 15.3. The van der Waals surface area contributed by atoms with E-state index in [1.165, 1.54) is 19.3 Å². The second-order valence-corrected chi connectivity index (χ2v) is 7.47. The summed E-state index contributed by atoms with van der Waals surface area (Å²) in [7, 11) is 0. The lowest BCUT2D eigenvalue weighted by atomic mass is 9.88. The lowest BCUT2D eigenvalue weighted by molar-refractivity contribution is -0.127. The fourth-order valence-electron chi connectivity index (χ4n) is 3.98. The SMILES string of the molecule is O=C(NC1CCN(CCCOc2ccccc2)CC1)C1CCCCC1. The molecule has 2 aliphatic rings. The van der Waals surface area contributed by atoms with Gasteiger partial charge in [0, 0.05) is 31.6 Å². The second kappa shape index (κ2) is 9.81. The topological polar surface area (TPSA) is 41.6 Å². The Balaban J connectivity index is 1.27. The van der Waals surface area contributed by atoms with E-state index in [0.29, 0.717) is 11.9 Å². The number of hydrogen-bond acceptors (Lipinski definition) is 3. The molecule has 1 aromatic carbocycles. The summed E-state index contributed by atoms with van der Waals surface area (Å²) < 4.78 is 5.75. The van der Waals surface area contributed by atoms with Crippen molar-refractivity contribution >= 4 is 5.91 Å². The van der Waals surface area contributed by atoms with Crippen molar-refractivity contribution in [1.82, 2.24) is 10.2 Å². The number of para-hydroxylation sites is 1. The number of amides is 1. The molecule has 1 N–H and O–H groups in total. The smallest absolute Gasteiger partial charge is 0.223 e. The number of carbonyl (C=O) groups excluding carboxylic acids is 1. The molecule has 1 aliphatic carbocycles. The number of piperidine rings is 1. The summed E-state index contributed by atoms with van der Waals surface area (Å²) in [6, 6.07) is 10.4. The molecule has 0 atom stereocenters. The van der Waals surface area contributed by atoms with E-state index in [4.69, 9.17) is 4.74 Å². The van der Waals surface area contributed by atoms with Crippen LogP contribution in [0.4, 0.5) is 0 Å². The molecule has 1 aromatic rings. The van der Waals surface area contributed by atoms with Crippen molar-refractivity contribution in [3.63, 3.8) is 0 Å². The van der Waals surface area contributed by atoms with Crippen molar-refractivity contribution in [2.75, 3.05) is 26.2 Å². The molecule has 1 aliphatic heterocycles. The molecule has 0 aromatic heterocycles. The van der Waals surface area contributed by atoms with Crippen LogP contribution in [0, 0.1) is 5.92 Å². The van der Waals surface area contributed by atoms with E-state index in [2.05, 4.69) is 10.2 Å². The van der Waals surface area contributed by atoms with Gasteiger partial charge in [-0.05, 0) is 44.2 Å². The number of rotatable bonds is 7. The first kappa shape index (κ1) is 18.2. The summed E-state index contributed by atoms with van der Waals surface area (Å²) in [6.45, 7) is 4.01. The summed E-state index contributed by atoms with van der Waals surface area (Å²) in [6.07, 6.45) is 9.14. The molecular weight excluding hydrogens is 312 g/mol. The van der Waals surface area contributed by atoms with Crippen LogP contribution in [0.15, 0.2) is 30.3 Å². The first-order valence-corrected chi connectivity index (χ1v) is 10.0. The molecule has 0 spiro atoms. The molecule has 1 amide bonds. The average Bonchev–Trinajstić information content (AvgIpc) is 2.68. The predicted molar refractivity (Wildman–Crippen MR) is 101 cm³/mol. The third-order valence-electron chi connectivity index (χ3n) is 5.54. The van der Waals surface area contributed by atoms with Gasteiger partial charge in [-0.1, -0.05) is 37.5 Å². The first-order chi connectivity index (χ1) is 12.3. The largest absolute Gasteiger partial charge is 0.494 e. The van der Waals surface area contributed by atoms with Gasteiger partial charge in [0.1, 0.15) is 5.75 Å². The number of nitrogens with one attached hydrogen (secondary N) is 1. The summed E-state index contributed by atoms with van der Waals surface area (Å²) in [5.41, 5.74) is 0. The Morgan fingerprint density at radius 3 is 2.48 bits per heavy atom. The molecule has 1 heterocycles. The van der Waals surface area contributed by atoms with Crippen molar-refractivity contribution < 1.29 is 9.53 Å². The van der Waals surface area contributed by atoms with Gasteiger partial charge in [0.2, 0.25) is 5.91 Å². The fraction of sp³-hybridized carbons (Fsp3) is 0.667. The highest BCUT2D eigenvalue weighted by Crippen LogP contribution is 2.24. The average molecular weight is 344 g/mol. The van der Waals surface area contributed by atoms with Crippen LogP contribution in [0.25, 0.3) is 0 Å². The zero-order chi connectivity index (χ0) is 17.3. The highest BCUT2D eigenvalue weighted by molar-refractivity contribution is 5.79. The highest BCUT2D eigenvalue weighted by Gasteiger charge is 2.25. The van der Waals surface area contributed by atoms with Crippen LogP contribution in [-0.2, 0) is 4.79 Å². The Morgan fingerprint density at radius 1 is 1.04 bits per heavy atom. The van der Waals surface area contributed by atoms with Crippen molar-refractivity contribution in [2.45, 2.75) is 57.4 Å². The standard InChI is InChI=1S/C21H32N2O2/c24-21(18-8-3-1-4-9-18)22-19-12-15-23(16-13-19)14-7-17-25-20-10-5-2-6-11-20/h2,5-6,10-11,18-19H,1,3-4,7-9,12-17H2,(H,22,24). The van der Waals surface area contributed by atoms with E-state index >= 15 is 0 Å². The molecule has 0 bridgehead atoms. The maximum absolute atomic E-state index is 12.4. The monoisotopic (exact) mass is 344 g/mol. The Labute approximate surface area is 151 Å². The van der Waals surface area contributed by atoms with Crippen molar-refractivity contribution in [1.29, 1.82) is 0 Å². The van der Waals surface area contributed by atoms with E-state index in [0.717, 1.165) is 64.1 Å². The van der Waals surface area contributed by atoms with Gasteiger partial charge in [-0.25, -0.2) is 0 Å². The van der Waals surface area contributed by atoms with Crippen LogP contribution < -0.4 is 10.1 Å². The lowest BCUT2D eigenvalue weighted by Gasteiger charge is -2.33. The number of ether oxygens (including phenoxy) is 1. The van der Waals surface area contributed by atoms with Crippen LogP contribution in [0.3, 0.4) is 0 Å². The minimum atomic E-state index is 0.280. The Hall–Kier alpha value is -1.55. The Bertz CT molecular complexity index is 506. The Kier molecular flexibility index (Phi) is 7.16. The minimum Gasteiger partial charge on any atom is -0.494 e. The number of hydrogen-bond donors (Lipinski definition) is 1. The molecule has 4 heteroatoms. The lowest BCUT2D eigenvalue weighted by Crippen LogP contribution is -2.46. The van der Waals surface area contributed by atoms with Gasteiger partial charge in [-0.15, -0.1) is 0 Å². The molecule has 0 unspecified atom stereocenters. The van der Waals surface area contributed by atoms with Crippen molar-refractivity contribution in [3.8, 4) is 5.75 Å². The summed E-state index contributed by atoms with van der Waals surface area (Å²) >= 11 is 0. The van der Waals surface area contributed by atoms with Gasteiger partial charge < -0.3 is 15.0 Å². The molecule has 1 saturated heterocycles. The predicted octanol–water partition coefficient (Wildman–Crippen LogP) is 3.62. The number of carbonyl (C=O) groups is 1. The number of nitrogens with zero attached hydrogens (tertiary/aromatic N) is 1. The van der Waals surface area contributed by atoms with Gasteiger partial charge in [-0.3, -0.25) is 4.79 Å². The van der Waals surface area contributed by atoms with Gasteiger partial charge in [-0.2, -0.15) is 0 Å². The van der Waals surface area contributed by atoms with E-state index < -0.39 is 0 Å². The molecular formula is C21H32N2O2. The molecule has 2 fully saturated rings. The summed E-state index contributed by atoms with van der Waals surface area (Å²) in [4.78, 5) is 14.8. The van der Waals surface area contributed by atoms with Gasteiger partial charge >= 0.3 is 0 Å². The fourth-order valence-corrected chi connectivity index (χ4v) is 3.98. The van der Waals surface area contributed by atoms with Gasteiger partial charge in [0.15, 0.2) is 0 Å². The Morgan fingerprint density at radius 2 is 1.76 bits per heavy atom. The third-order valence-corrected chi connectivity index (χ3v) is 5.54. The molecule has 4 nitrogen and oxygen atoms in total. The van der Waals surface area contributed by atoms with E-state index in [1.54, 1.807) is 0 Å². The molecule has 138 valence electrons. The van der Waals surface area contributed by atoms with Gasteiger partial charge in [0.25, 0.3) is 0 Å². The molecule has 3 rings (SSSR count).